The molecule has 0 aliphatic carbocycles. The van der Waals surface area contributed by atoms with Crippen LogP contribution in [0.15, 0.2) is 111 Å². The predicted molar refractivity (Wildman–Crippen MR) is 162 cm³/mol. The molecule has 0 N–H and O–H groups in total. The number of rotatable bonds is 7. The third-order valence-electron chi connectivity index (χ3n) is 7.04. The summed E-state index contributed by atoms with van der Waals surface area (Å²) in [7, 11) is 0. The highest BCUT2D eigenvalue weighted by Crippen LogP contribution is 2.35. The molecule has 3 aromatic carbocycles. The number of Topliss-reactive ketones (excluding diaryl/α,β-unsaturated/α-hetero) is 1. The Hall–Kier alpha value is -5.15. The van der Waals surface area contributed by atoms with Gasteiger partial charge in [-0.05, 0) is 43.7 Å². The molecular weight excluding hydrogens is 567 g/mol. The van der Waals surface area contributed by atoms with Gasteiger partial charge in [-0.25, -0.2) is 14.2 Å². The summed E-state index contributed by atoms with van der Waals surface area (Å²) in [6.07, 6.45) is 1.63. The maximum atomic E-state index is 14.0. The molecule has 0 fully saturated rings. The van der Waals surface area contributed by atoms with Gasteiger partial charge in [-0.2, -0.15) is 0 Å². The van der Waals surface area contributed by atoms with Gasteiger partial charge in [-0.3, -0.25) is 14.2 Å². The molecule has 0 radical (unpaired) electrons. The third kappa shape index (κ3) is 5.42. The Morgan fingerprint density at radius 1 is 0.977 bits per heavy atom. The molecule has 1 atom stereocenters. The van der Waals surface area contributed by atoms with Crippen molar-refractivity contribution in [3.05, 3.63) is 145 Å². The van der Waals surface area contributed by atoms with Crippen LogP contribution in [0.25, 0.3) is 23.1 Å². The maximum Gasteiger partial charge on any atom is 0.338 e. The van der Waals surface area contributed by atoms with E-state index in [0.29, 0.717) is 43.2 Å². The lowest BCUT2D eigenvalue weighted by Crippen LogP contribution is -2.40. The molecule has 0 saturated heterocycles. The molecule has 1 aliphatic rings. The van der Waals surface area contributed by atoms with Gasteiger partial charge in [0, 0.05) is 22.8 Å². The number of fused-ring (bicyclic) bond motifs is 1. The Bertz CT molecular complexity index is 2050. The first-order chi connectivity index (χ1) is 20.8. The van der Waals surface area contributed by atoms with E-state index in [9.17, 15) is 18.8 Å². The van der Waals surface area contributed by atoms with Crippen LogP contribution in [0.1, 0.15) is 47.1 Å². The zero-order valence-corrected chi connectivity index (χ0v) is 24.1. The molecule has 9 heteroatoms. The largest absolute Gasteiger partial charge is 0.463 e. The number of esters is 1. The topological polar surface area (TPSA) is 90.9 Å². The van der Waals surface area contributed by atoms with E-state index >= 15 is 0 Å². The number of benzene rings is 3. The number of ether oxygens (including phenoxy) is 1. The number of hydrogen-bond donors (Lipinski definition) is 0. The molecule has 0 amide bonds. The molecule has 1 unspecified atom stereocenters. The fraction of sp³-hybridized carbons (Fsp3) is 0.118. The molecule has 0 bridgehead atoms. The molecular formula is C34H25FN2O5S. The predicted octanol–water partition coefficient (Wildman–Crippen LogP) is 5.54. The zero-order chi connectivity index (χ0) is 30.1. The second kappa shape index (κ2) is 11.6. The lowest BCUT2D eigenvalue weighted by atomic mass is 9.93. The molecule has 5 aromatic rings. The van der Waals surface area contributed by atoms with Crippen LogP contribution in [-0.2, 0) is 9.53 Å². The van der Waals surface area contributed by atoms with E-state index in [1.807, 2.05) is 30.3 Å². The zero-order valence-electron chi connectivity index (χ0n) is 23.2. The quantitative estimate of drug-likeness (QED) is 0.183. The van der Waals surface area contributed by atoms with Gasteiger partial charge >= 0.3 is 5.97 Å². The van der Waals surface area contributed by atoms with Gasteiger partial charge in [0.1, 0.15) is 17.3 Å². The minimum Gasteiger partial charge on any atom is -0.463 e. The standard InChI is InChI=1S/C34H25FN2O5S/c1-3-41-33(40)29-30(23-7-5-4-6-8-23)36-34-37(31(29)24-13-15-25(35)16-14-24)32(39)28(43-34)19-26-17-18-27(42-26)22-11-9-21(10-12-22)20(2)38/h4-19,31H,3H2,1-2H3. The SMILES string of the molecule is CCOC(=O)C1=C(c2ccccc2)N=c2sc(=Cc3ccc(-c4ccc(C(C)=O)cc4)o3)c(=O)n2C1c1ccc(F)cc1. The first-order valence-electron chi connectivity index (χ1n) is 13.6. The van der Waals surface area contributed by atoms with Gasteiger partial charge < -0.3 is 9.15 Å². The summed E-state index contributed by atoms with van der Waals surface area (Å²) in [4.78, 5) is 44.3. The van der Waals surface area contributed by atoms with E-state index in [0.717, 1.165) is 16.9 Å². The highest BCUT2D eigenvalue weighted by atomic mass is 32.1. The molecule has 6 rings (SSSR count). The van der Waals surface area contributed by atoms with Gasteiger partial charge in [0.25, 0.3) is 5.56 Å². The Kier molecular flexibility index (Phi) is 7.56. The van der Waals surface area contributed by atoms with Crippen molar-refractivity contribution >= 4 is 34.9 Å². The van der Waals surface area contributed by atoms with Gasteiger partial charge in [0.05, 0.1) is 28.5 Å². The Morgan fingerprint density at radius 2 is 1.70 bits per heavy atom. The van der Waals surface area contributed by atoms with Crippen molar-refractivity contribution in [2.75, 3.05) is 6.61 Å². The molecule has 2 aromatic heterocycles. The number of hydrogen-bond acceptors (Lipinski definition) is 7. The van der Waals surface area contributed by atoms with Crippen LogP contribution in [-0.4, -0.2) is 22.9 Å². The molecule has 0 saturated carbocycles. The summed E-state index contributed by atoms with van der Waals surface area (Å²) in [5.74, 6) is -0.0511. The van der Waals surface area contributed by atoms with Crippen molar-refractivity contribution in [2.24, 2.45) is 4.99 Å². The van der Waals surface area contributed by atoms with E-state index in [2.05, 4.69) is 0 Å². The smallest absolute Gasteiger partial charge is 0.338 e. The van der Waals surface area contributed by atoms with Crippen molar-refractivity contribution in [2.45, 2.75) is 19.9 Å². The van der Waals surface area contributed by atoms with Crippen molar-refractivity contribution in [1.29, 1.82) is 0 Å². The number of nitrogens with zero attached hydrogens (tertiary/aromatic N) is 2. The Balaban J connectivity index is 1.52. The number of aromatic nitrogens is 1. The summed E-state index contributed by atoms with van der Waals surface area (Å²) in [6, 6.07) is 24.6. The second-order valence-corrected chi connectivity index (χ2v) is 10.8. The number of ketones is 1. The van der Waals surface area contributed by atoms with Crippen LogP contribution in [0.5, 0.6) is 0 Å². The lowest BCUT2D eigenvalue weighted by molar-refractivity contribution is -0.138. The molecule has 3 heterocycles. The Morgan fingerprint density at radius 3 is 2.37 bits per heavy atom. The lowest BCUT2D eigenvalue weighted by Gasteiger charge is -2.25. The van der Waals surface area contributed by atoms with Gasteiger partial charge in [0.2, 0.25) is 0 Å². The second-order valence-electron chi connectivity index (χ2n) is 9.82. The number of halogens is 1. The van der Waals surface area contributed by atoms with Crippen molar-refractivity contribution in [3.63, 3.8) is 0 Å². The van der Waals surface area contributed by atoms with Crippen molar-refractivity contribution in [3.8, 4) is 11.3 Å². The van der Waals surface area contributed by atoms with Crippen LogP contribution >= 0.6 is 11.3 Å². The average molecular weight is 593 g/mol. The van der Waals surface area contributed by atoms with Crippen LogP contribution in [0.2, 0.25) is 0 Å². The number of furan rings is 1. The van der Waals surface area contributed by atoms with E-state index in [-0.39, 0.29) is 23.5 Å². The van der Waals surface area contributed by atoms with Crippen molar-refractivity contribution in [1.82, 2.24) is 4.57 Å². The first kappa shape index (κ1) is 28.0. The number of carbonyl (C=O) groups excluding carboxylic acids is 2. The first-order valence-corrected chi connectivity index (χ1v) is 14.4. The highest BCUT2D eigenvalue weighted by Gasteiger charge is 2.35. The maximum absolute atomic E-state index is 14.0. The van der Waals surface area contributed by atoms with Crippen LogP contribution < -0.4 is 14.9 Å². The van der Waals surface area contributed by atoms with Crippen LogP contribution in [0.3, 0.4) is 0 Å². The van der Waals surface area contributed by atoms with Gasteiger partial charge in [-0.15, -0.1) is 0 Å². The molecule has 7 nitrogen and oxygen atoms in total. The van der Waals surface area contributed by atoms with E-state index in [4.69, 9.17) is 14.1 Å². The van der Waals surface area contributed by atoms with Crippen LogP contribution in [0, 0.1) is 5.82 Å². The van der Waals surface area contributed by atoms with Gasteiger partial charge in [0.15, 0.2) is 10.6 Å². The summed E-state index contributed by atoms with van der Waals surface area (Å²) in [5.41, 5.74) is 2.80. The third-order valence-corrected chi connectivity index (χ3v) is 8.02. The molecule has 0 spiro atoms. The Labute approximate surface area is 249 Å². The number of thiazole rings is 1. The van der Waals surface area contributed by atoms with Gasteiger partial charge in [-0.1, -0.05) is 78.1 Å². The molecule has 43 heavy (non-hydrogen) atoms. The van der Waals surface area contributed by atoms with E-state index in [1.165, 1.54) is 23.6 Å². The van der Waals surface area contributed by atoms with E-state index in [1.54, 1.807) is 61.5 Å². The summed E-state index contributed by atoms with van der Waals surface area (Å²) in [6.45, 7) is 3.34. The molecule has 1 aliphatic heterocycles. The molecule has 214 valence electrons. The highest BCUT2D eigenvalue weighted by molar-refractivity contribution is 7.07. The van der Waals surface area contributed by atoms with E-state index < -0.39 is 17.8 Å². The van der Waals surface area contributed by atoms with Crippen molar-refractivity contribution < 1.29 is 23.1 Å². The fourth-order valence-corrected chi connectivity index (χ4v) is 5.97. The number of carbonyl (C=O) groups is 2. The summed E-state index contributed by atoms with van der Waals surface area (Å²) in [5, 5.41) is 0. The minimum absolute atomic E-state index is 0.0254. The van der Waals surface area contributed by atoms with Crippen LogP contribution in [0.4, 0.5) is 4.39 Å². The fourth-order valence-electron chi connectivity index (χ4n) is 4.98. The summed E-state index contributed by atoms with van der Waals surface area (Å²) >= 11 is 1.16. The minimum atomic E-state index is -0.903. The summed E-state index contributed by atoms with van der Waals surface area (Å²) < 4.78 is 27.2. The normalized spacial score (nSPS) is 14.8. The monoisotopic (exact) mass is 592 g/mol. The average Bonchev–Trinajstić information content (AvgIpc) is 3.61.